The van der Waals surface area contributed by atoms with Crippen molar-refractivity contribution in [3.63, 3.8) is 0 Å². The maximum atomic E-state index is 11.8. The highest BCUT2D eigenvalue weighted by Gasteiger charge is 2.20. The van der Waals surface area contributed by atoms with Gasteiger partial charge in [-0.1, -0.05) is 30.3 Å². The molecule has 0 spiro atoms. The van der Waals surface area contributed by atoms with Crippen molar-refractivity contribution in [2.75, 3.05) is 0 Å². The summed E-state index contributed by atoms with van der Waals surface area (Å²) in [6, 6.07) is 11.1. The number of aldehydes is 1. The quantitative estimate of drug-likeness (QED) is 0.713. The van der Waals surface area contributed by atoms with Crippen molar-refractivity contribution in [1.29, 1.82) is 0 Å². The van der Waals surface area contributed by atoms with Gasteiger partial charge in [0.05, 0.1) is 11.6 Å². The Morgan fingerprint density at radius 2 is 1.73 bits per heavy atom. The normalized spacial score (nSPS) is 12.3. The third-order valence-corrected chi connectivity index (χ3v) is 3.54. The maximum Gasteiger partial charge on any atom is 0.408 e. The Bertz CT molecular complexity index is 758. The summed E-state index contributed by atoms with van der Waals surface area (Å²) < 4.78 is 5.12. The number of benzene rings is 2. The number of rotatable bonds is 5. The maximum absolute atomic E-state index is 11.8. The molecule has 0 saturated carbocycles. The number of aromatic hydroxyl groups is 2. The Kier molecular flexibility index (Phi) is 5.87. The van der Waals surface area contributed by atoms with Gasteiger partial charge >= 0.3 is 6.09 Å². The summed E-state index contributed by atoms with van der Waals surface area (Å²) in [5.41, 5.74) is 0.823. The van der Waals surface area contributed by atoms with E-state index in [0.717, 1.165) is 0 Å². The molecule has 0 saturated heterocycles. The lowest BCUT2D eigenvalue weighted by molar-refractivity contribution is -0.109. The van der Waals surface area contributed by atoms with Gasteiger partial charge in [0.15, 0.2) is 0 Å². The Morgan fingerprint density at radius 3 is 2.23 bits per heavy atom. The van der Waals surface area contributed by atoms with Crippen molar-refractivity contribution < 1.29 is 24.5 Å². The number of nitrogens with one attached hydrogen (secondary N) is 1. The van der Waals surface area contributed by atoms with Crippen LogP contribution in [0.1, 0.15) is 26.3 Å². The molecule has 0 aromatic heterocycles. The van der Waals surface area contributed by atoms with Crippen LogP contribution in [0, 0.1) is 0 Å². The smallest absolute Gasteiger partial charge is 0.408 e. The molecule has 0 aliphatic carbocycles. The molecular formula is C20H23NO5. The van der Waals surface area contributed by atoms with E-state index in [1.165, 1.54) is 12.1 Å². The Hall–Kier alpha value is -3.02. The molecule has 6 nitrogen and oxygen atoms in total. The topological polar surface area (TPSA) is 95.9 Å². The molecule has 26 heavy (non-hydrogen) atoms. The molecular weight excluding hydrogens is 334 g/mol. The van der Waals surface area contributed by atoms with Crippen LogP contribution in [-0.2, 0) is 16.0 Å². The van der Waals surface area contributed by atoms with E-state index < -0.39 is 17.7 Å². The van der Waals surface area contributed by atoms with Crippen LogP contribution in [-0.4, -0.2) is 34.2 Å². The van der Waals surface area contributed by atoms with Crippen LogP contribution in [0.3, 0.4) is 0 Å². The number of phenols is 2. The highest BCUT2D eigenvalue weighted by molar-refractivity contribution is 5.77. The first-order valence-corrected chi connectivity index (χ1v) is 8.24. The van der Waals surface area contributed by atoms with Gasteiger partial charge in [-0.15, -0.1) is 0 Å². The third-order valence-electron chi connectivity index (χ3n) is 3.54. The zero-order chi connectivity index (χ0) is 19.3. The van der Waals surface area contributed by atoms with E-state index in [4.69, 9.17) is 4.74 Å². The van der Waals surface area contributed by atoms with E-state index in [0.29, 0.717) is 23.0 Å². The van der Waals surface area contributed by atoms with Gasteiger partial charge in [0, 0.05) is 0 Å². The minimum atomic E-state index is -0.841. The van der Waals surface area contributed by atoms with Crippen molar-refractivity contribution >= 4 is 12.4 Å². The average molecular weight is 357 g/mol. The molecule has 138 valence electrons. The minimum Gasteiger partial charge on any atom is -0.507 e. The predicted molar refractivity (Wildman–Crippen MR) is 98.1 cm³/mol. The number of hydrogen-bond acceptors (Lipinski definition) is 5. The standard InChI is InChI=1S/C20H23NO5/c1-20(2,3)26-19(25)21-15(12-22)9-13-10-16(23)18(17(24)11-13)14-7-5-4-6-8-14/h4-8,10-12,15,23-24H,9H2,1-3H3,(H,21,25). The molecule has 1 atom stereocenters. The number of amides is 1. The zero-order valence-electron chi connectivity index (χ0n) is 15.0. The minimum absolute atomic E-state index is 0.104. The lowest BCUT2D eigenvalue weighted by atomic mass is 9.98. The molecule has 2 rings (SSSR count). The van der Waals surface area contributed by atoms with E-state index in [1.807, 2.05) is 6.07 Å². The van der Waals surface area contributed by atoms with Crippen LogP contribution in [0.2, 0.25) is 0 Å². The molecule has 2 aromatic rings. The number of carbonyl (C=O) groups is 2. The van der Waals surface area contributed by atoms with E-state index in [2.05, 4.69) is 5.32 Å². The van der Waals surface area contributed by atoms with Crippen LogP contribution in [0.15, 0.2) is 42.5 Å². The summed E-state index contributed by atoms with van der Waals surface area (Å²) in [6.07, 6.45) is -0.00819. The van der Waals surface area contributed by atoms with Crippen molar-refractivity contribution in [2.24, 2.45) is 0 Å². The zero-order valence-corrected chi connectivity index (χ0v) is 15.0. The number of carbonyl (C=O) groups excluding carboxylic acids is 2. The molecule has 0 aliphatic rings. The first-order valence-electron chi connectivity index (χ1n) is 8.24. The Balaban J connectivity index is 2.16. The fraction of sp³-hybridized carbons (Fsp3) is 0.300. The summed E-state index contributed by atoms with van der Waals surface area (Å²) in [4.78, 5) is 23.1. The predicted octanol–water partition coefficient (Wildman–Crippen LogP) is 3.40. The lowest BCUT2D eigenvalue weighted by Gasteiger charge is -2.21. The second-order valence-electron chi connectivity index (χ2n) is 6.97. The van der Waals surface area contributed by atoms with Crippen LogP contribution in [0.4, 0.5) is 4.79 Å². The number of hydrogen-bond donors (Lipinski definition) is 3. The first-order chi connectivity index (χ1) is 12.2. The molecule has 1 amide bonds. The fourth-order valence-corrected chi connectivity index (χ4v) is 2.53. The largest absolute Gasteiger partial charge is 0.507 e. The summed E-state index contributed by atoms with van der Waals surface area (Å²) in [5, 5.41) is 23.0. The van der Waals surface area contributed by atoms with Gasteiger partial charge in [-0.3, -0.25) is 0 Å². The molecule has 0 aliphatic heterocycles. The fourth-order valence-electron chi connectivity index (χ4n) is 2.53. The summed E-state index contributed by atoms with van der Waals surface area (Å²) in [7, 11) is 0. The summed E-state index contributed by atoms with van der Waals surface area (Å²) in [6.45, 7) is 5.17. The van der Waals surface area contributed by atoms with Gasteiger partial charge in [0.25, 0.3) is 0 Å². The molecule has 0 radical (unpaired) electrons. The molecule has 2 aromatic carbocycles. The highest BCUT2D eigenvalue weighted by atomic mass is 16.6. The second kappa shape index (κ2) is 7.91. The highest BCUT2D eigenvalue weighted by Crippen LogP contribution is 2.38. The van der Waals surface area contributed by atoms with Crippen molar-refractivity contribution in [2.45, 2.75) is 38.8 Å². The molecule has 3 N–H and O–H groups in total. The van der Waals surface area contributed by atoms with E-state index in [-0.39, 0.29) is 17.9 Å². The van der Waals surface area contributed by atoms with E-state index in [9.17, 15) is 19.8 Å². The number of alkyl carbamates (subject to hydrolysis) is 1. The first kappa shape index (κ1) is 19.3. The van der Waals surface area contributed by atoms with E-state index in [1.54, 1.807) is 45.0 Å². The van der Waals surface area contributed by atoms with Gasteiger partial charge in [0.2, 0.25) is 0 Å². The Morgan fingerprint density at radius 1 is 1.15 bits per heavy atom. The third kappa shape index (κ3) is 5.24. The van der Waals surface area contributed by atoms with Gasteiger partial charge in [-0.2, -0.15) is 0 Å². The number of ether oxygens (including phenoxy) is 1. The van der Waals surface area contributed by atoms with Gasteiger partial charge < -0.3 is 25.1 Å². The van der Waals surface area contributed by atoms with E-state index >= 15 is 0 Å². The average Bonchev–Trinajstić information content (AvgIpc) is 2.52. The molecule has 0 bridgehead atoms. The molecule has 1 unspecified atom stereocenters. The molecule has 0 fully saturated rings. The van der Waals surface area contributed by atoms with Crippen molar-refractivity contribution in [1.82, 2.24) is 5.32 Å². The molecule has 6 heteroatoms. The Labute approximate surface area is 152 Å². The van der Waals surface area contributed by atoms with Crippen LogP contribution in [0.25, 0.3) is 11.1 Å². The second-order valence-corrected chi connectivity index (χ2v) is 6.97. The monoisotopic (exact) mass is 357 g/mol. The van der Waals surface area contributed by atoms with Crippen molar-refractivity contribution in [3.05, 3.63) is 48.0 Å². The van der Waals surface area contributed by atoms with Crippen LogP contribution in [0.5, 0.6) is 11.5 Å². The molecule has 0 heterocycles. The van der Waals surface area contributed by atoms with Gasteiger partial charge in [-0.25, -0.2) is 4.79 Å². The summed E-state index contributed by atoms with van der Waals surface area (Å²) >= 11 is 0. The SMILES string of the molecule is CC(C)(C)OC(=O)NC(C=O)Cc1cc(O)c(-c2ccccc2)c(O)c1. The van der Waals surface area contributed by atoms with Gasteiger partial charge in [-0.05, 0) is 50.5 Å². The number of phenolic OH excluding ortho intramolecular Hbond substituents is 2. The van der Waals surface area contributed by atoms with Gasteiger partial charge in [0.1, 0.15) is 23.4 Å². The summed E-state index contributed by atoms with van der Waals surface area (Å²) in [5.74, 6) is -0.207. The van der Waals surface area contributed by atoms with Crippen LogP contribution < -0.4 is 5.32 Å². The van der Waals surface area contributed by atoms with Crippen molar-refractivity contribution in [3.8, 4) is 22.6 Å². The van der Waals surface area contributed by atoms with Crippen LogP contribution >= 0.6 is 0 Å². The lowest BCUT2D eigenvalue weighted by Crippen LogP contribution is -2.41.